The molecule has 2 saturated carbocycles. The van der Waals surface area contributed by atoms with Gasteiger partial charge in [-0.15, -0.1) is 0 Å². The first-order valence-electron chi connectivity index (χ1n) is 12.1. The predicted molar refractivity (Wildman–Crippen MR) is 133 cm³/mol. The fraction of sp³-hybridized carbons (Fsp3) is 0.462. The molecule has 2 aromatic rings. The van der Waals surface area contributed by atoms with Crippen LogP contribution in [0.3, 0.4) is 0 Å². The molecule has 0 atom stereocenters. The van der Waals surface area contributed by atoms with Crippen molar-refractivity contribution in [1.29, 1.82) is 0 Å². The summed E-state index contributed by atoms with van der Waals surface area (Å²) in [4.78, 5) is 22.1. The highest BCUT2D eigenvalue weighted by Crippen LogP contribution is 2.48. The van der Waals surface area contributed by atoms with Gasteiger partial charge in [0.15, 0.2) is 0 Å². The Morgan fingerprint density at radius 2 is 1.43 bits per heavy atom. The number of carboxylic acid groups (broad SMARTS) is 1. The standard InChI is InChI=1S/C24H30N2O3S.C2HF3O2/c1-18-8-14-22(15-9-18)30(28,29)26-21-12-10-19(11-13-21)24(16-17-24)23(27)25-20-6-4-2-3-5-7-20;3-2(4,5)1(6)7/h8-15,20,26H,2-7,16-17H2,1H3,(H,25,27);(H,6,7). The van der Waals surface area contributed by atoms with Gasteiger partial charge in [0.05, 0.1) is 10.3 Å². The number of carbonyl (C=O) groups is 2. The van der Waals surface area contributed by atoms with Crippen LogP contribution < -0.4 is 10.0 Å². The summed E-state index contributed by atoms with van der Waals surface area (Å²) < 4.78 is 59.5. The van der Waals surface area contributed by atoms with Crippen LogP contribution in [0.2, 0.25) is 0 Å². The summed E-state index contributed by atoms with van der Waals surface area (Å²) in [6.45, 7) is 1.92. The molecular weight excluding hydrogens is 509 g/mol. The van der Waals surface area contributed by atoms with Crippen molar-refractivity contribution in [1.82, 2.24) is 5.32 Å². The third-order valence-electron chi connectivity index (χ3n) is 6.64. The second-order valence-electron chi connectivity index (χ2n) is 9.54. The largest absolute Gasteiger partial charge is 0.490 e. The lowest BCUT2D eigenvalue weighted by Gasteiger charge is -2.22. The number of benzene rings is 2. The van der Waals surface area contributed by atoms with Crippen LogP contribution in [0.1, 0.15) is 62.5 Å². The second kappa shape index (κ2) is 11.5. The molecule has 0 aliphatic heterocycles. The normalized spacial score (nSPS) is 17.5. The Labute approximate surface area is 214 Å². The summed E-state index contributed by atoms with van der Waals surface area (Å²) in [5, 5.41) is 10.4. The molecule has 2 aliphatic carbocycles. The maximum absolute atomic E-state index is 13.0. The van der Waals surface area contributed by atoms with Crippen molar-refractivity contribution in [2.24, 2.45) is 0 Å². The predicted octanol–water partition coefficient (Wildman–Crippen LogP) is 5.30. The Hall–Kier alpha value is -3.08. The molecule has 202 valence electrons. The number of halogens is 3. The van der Waals surface area contributed by atoms with E-state index in [-0.39, 0.29) is 16.8 Å². The van der Waals surface area contributed by atoms with Gasteiger partial charge in [-0.2, -0.15) is 13.2 Å². The summed E-state index contributed by atoms with van der Waals surface area (Å²) in [7, 11) is -3.63. The van der Waals surface area contributed by atoms with Gasteiger partial charge in [-0.3, -0.25) is 9.52 Å². The van der Waals surface area contributed by atoms with Crippen LogP contribution in [0.25, 0.3) is 0 Å². The van der Waals surface area contributed by atoms with E-state index < -0.39 is 27.6 Å². The number of sulfonamides is 1. The molecule has 0 unspecified atom stereocenters. The number of hydrogen-bond acceptors (Lipinski definition) is 4. The van der Waals surface area contributed by atoms with E-state index in [0.717, 1.165) is 36.8 Å². The highest BCUT2D eigenvalue weighted by Gasteiger charge is 2.51. The zero-order valence-electron chi connectivity index (χ0n) is 20.5. The fourth-order valence-electron chi connectivity index (χ4n) is 4.31. The van der Waals surface area contributed by atoms with Crippen molar-refractivity contribution >= 4 is 27.6 Å². The molecule has 2 fully saturated rings. The quantitative estimate of drug-likeness (QED) is 0.431. The van der Waals surface area contributed by atoms with Gasteiger partial charge in [0.2, 0.25) is 5.91 Å². The first-order valence-corrected chi connectivity index (χ1v) is 13.6. The smallest absolute Gasteiger partial charge is 0.475 e. The number of rotatable bonds is 6. The van der Waals surface area contributed by atoms with E-state index in [2.05, 4.69) is 10.0 Å². The van der Waals surface area contributed by atoms with E-state index in [1.165, 1.54) is 25.7 Å². The second-order valence-corrected chi connectivity index (χ2v) is 11.2. The maximum Gasteiger partial charge on any atom is 0.490 e. The minimum Gasteiger partial charge on any atom is -0.475 e. The van der Waals surface area contributed by atoms with Crippen LogP contribution in [-0.4, -0.2) is 37.6 Å². The third-order valence-corrected chi connectivity index (χ3v) is 8.04. The third kappa shape index (κ3) is 7.70. The van der Waals surface area contributed by atoms with Crippen molar-refractivity contribution in [2.45, 2.75) is 80.8 Å². The fourth-order valence-corrected chi connectivity index (χ4v) is 5.37. The molecule has 11 heteroatoms. The molecule has 2 aliphatic rings. The molecular formula is C26H31F3N2O5S. The number of amides is 1. The molecule has 1 amide bonds. The van der Waals surface area contributed by atoms with Gasteiger partial charge in [0.1, 0.15) is 0 Å². The molecule has 4 rings (SSSR count). The van der Waals surface area contributed by atoms with Crippen LogP contribution in [0, 0.1) is 6.92 Å². The molecule has 7 nitrogen and oxygen atoms in total. The van der Waals surface area contributed by atoms with Gasteiger partial charge in [-0.05, 0) is 62.4 Å². The first kappa shape index (κ1) is 28.5. The summed E-state index contributed by atoms with van der Waals surface area (Å²) in [5.41, 5.74) is 2.03. The van der Waals surface area contributed by atoms with Gasteiger partial charge in [0.25, 0.3) is 10.0 Å². The summed E-state index contributed by atoms with van der Waals surface area (Å²) in [6, 6.07) is 14.3. The van der Waals surface area contributed by atoms with Crippen LogP contribution in [0.5, 0.6) is 0 Å². The Morgan fingerprint density at radius 3 is 1.89 bits per heavy atom. The number of carbonyl (C=O) groups excluding carboxylic acids is 1. The monoisotopic (exact) mass is 540 g/mol. The topological polar surface area (TPSA) is 113 Å². The van der Waals surface area contributed by atoms with E-state index >= 15 is 0 Å². The lowest BCUT2D eigenvalue weighted by Crippen LogP contribution is -2.41. The van der Waals surface area contributed by atoms with Crippen LogP contribution >= 0.6 is 0 Å². The molecule has 2 aromatic carbocycles. The number of alkyl halides is 3. The average molecular weight is 541 g/mol. The van der Waals surface area contributed by atoms with Crippen molar-refractivity contribution in [3.63, 3.8) is 0 Å². The number of nitrogens with one attached hydrogen (secondary N) is 2. The highest BCUT2D eigenvalue weighted by molar-refractivity contribution is 7.92. The highest BCUT2D eigenvalue weighted by atomic mass is 32.2. The molecule has 0 saturated heterocycles. The van der Waals surface area contributed by atoms with E-state index in [9.17, 15) is 26.4 Å². The van der Waals surface area contributed by atoms with Crippen molar-refractivity contribution in [3.05, 3.63) is 59.7 Å². The van der Waals surface area contributed by atoms with Crippen LogP contribution in [-0.2, 0) is 25.0 Å². The molecule has 0 spiro atoms. The van der Waals surface area contributed by atoms with Crippen LogP contribution in [0.15, 0.2) is 53.4 Å². The lowest BCUT2D eigenvalue weighted by atomic mass is 9.94. The lowest BCUT2D eigenvalue weighted by molar-refractivity contribution is -0.192. The van der Waals surface area contributed by atoms with Gasteiger partial charge in [0, 0.05) is 11.7 Å². The van der Waals surface area contributed by atoms with E-state index in [0.29, 0.717) is 5.69 Å². The average Bonchev–Trinajstić information content (AvgIpc) is 3.65. The van der Waals surface area contributed by atoms with Gasteiger partial charge >= 0.3 is 12.1 Å². The minimum atomic E-state index is -5.08. The Balaban J connectivity index is 0.000000479. The maximum atomic E-state index is 13.0. The minimum absolute atomic E-state index is 0.127. The molecule has 0 radical (unpaired) electrons. The number of hydrogen-bond donors (Lipinski definition) is 3. The number of anilines is 1. The molecule has 0 heterocycles. The molecule has 3 N–H and O–H groups in total. The molecule has 0 bridgehead atoms. The molecule has 37 heavy (non-hydrogen) atoms. The van der Waals surface area contributed by atoms with Crippen LogP contribution in [0.4, 0.5) is 18.9 Å². The van der Waals surface area contributed by atoms with Gasteiger partial charge in [-0.25, -0.2) is 13.2 Å². The molecule has 0 aromatic heterocycles. The van der Waals surface area contributed by atoms with Gasteiger partial charge in [-0.1, -0.05) is 55.5 Å². The van der Waals surface area contributed by atoms with E-state index in [1.54, 1.807) is 36.4 Å². The summed E-state index contributed by atoms with van der Waals surface area (Å²) in [6.07, 6.45) is 3.65. The SMILES string of the molecule is Cc1ccc(S(=O)(=O)Nc2ccc(C3(C(=O)NC4CCCCCC4)CC3)cc2)cc1.O=C(O)C(F)(F)F. The van der Waals surface area contributed by atoms with Crippen molar-refractivity contribution in [3.8, 4) is 0 Å². The Bertz CT molecular complexity index is 1180. The number of carboxylic acids is 1. The summed E-state index contributed by atoms with van der Waals surface area (Å²) in [5.74, 6) is -2.63. The number of aliphatic carboxylic acids is 1. The van der Waals surface area contributed by atoms with E-state index in [1.807, 2.05) is 19.1 Å². The van der Waals surface area contributed by atoms with Crippen molar-refractivity contribution in [2.75, 3.05) is 4.72 Å². The zero-order chi connectivity index (χ0) is 27.3. The van der Waals surface area contributed by atoms with E-state index in [4.69, 9.17) is 9.90 Å². The zero-order valence-corrected chi connectivity index (χ0v) is 21.3. The summed E-state index contributed by atoms with van der Waals surface area (Å²) >= 11 is 0. The van der Waals surface area contributed by atoms with Gasteiger partial charge < -0.3 is 10.4 Å². The Kier molecular flexibility index (Phi) is 8.88. The van der Waals surface area contributed by atoms with Crippen molar-refractivity contribution < 1.29 is 36.3 Å². The first-order chi connectivity index (χ1) is 17.3. The Morgan fingerprint density at radius 1 is 0.919 bits per heavy atom. The number of aryl methyl sites for hydroxylation is 1.